The predicted octanol–water partition coefficient (Wildman–Crippen LogP) is 5.03. The number of carbonyl (C=O) groups is 1. The number of anilines is 3. The van der Waals surface area contributed by atoms with E-state index < -0.39 is 10.0 Å². The Labute approximate surface area is 184 Å². The number of fused-ring (bicyclic) bond motifs is 1. The molecule has 7 nitrogen and oxygen atoms in total. The first-order valence-corrected chi connectivity index (χ1v) is 11.1. The molecule has 0 amide bonds. The molecule has 2 N–H and O–H groups in total. The van der Waals surface area contributed by atoms with Crippen molar-refractivity contribution in [3.63, 3.8) is 0 Å². The average Bonchev–Trinajstić information content (AvgIpc) is 2.74. The van der Waals surface area contributed by atoms with E-state index in [0.717, 1.165) is 0 Å². The molecule has 1 aromatic heterocycles. The topological polar surface area (TPSA) is 101 Å². The van der Waals surface area contributed by atoms with Crippen LogP contribution in [-0.2, 0) is 10.0 Å². The molecule has 0 aliphatic heterocycles. The van der Waals surface area contributed by atoms with Crippen LogP contribution in [-0.4, -0.2) is 24.2 Å². The second-order valence-electron chi connectivity index (χ2n) is 6.71. The Bertz CT molecular complexity index is 1410. The number of rotatable bonds is 6. The third-order valence-corrected chi connectivity index (χ3v) is 6.30. The van der Waals surface area contributed by atoms with E-state index in [0.29, 0.717) is 22.3 Å². The van der Waals surface area contributed by atoms with Gasteiger partial charge >= 0.3 is 0 Å². The molecule has 0 radical (unpaired) electrons. The van der Waals surface area contributed by atoms with Crippen molar-refractivity contribution >= 4 is 55.8 Å². The Morgan fingerprint density at radius 3 is 2.19 bits per heavy atom. The van der Waals surface area contributed by atoms with Gasteiger partial charge in [0, 0.05) is 11.3 Å². The van der Waals surface area contributed by atoms with Crippen LogP contribution in [0.1, 0.15) is 17.3 Å². The van der Waals surface area contributed by atoms with E-state index in [1.165, 1.54) is 19.1 Å². The van der Waals surface area contributed by atoms with Gasteiger partial charge in [0.1, 0.15) is 4.90 Å². The summed E-state index contributed by atoms with van der Waals surface area (Å²) in [7, 11) is -4.03. The Balaban J connectivity index is 1.80. The van der Waals surface area contributed by atoms with Crippen LogP contribution in [0.25, 0.3) is 11.0 Å². The third-order valence-electron chi connectivity index (χ3n) is 4.46. The Morgan fingerprint density at radius 2 is 1.52 bits per heavy atom. The number of Topliss-reactive ketones (excluding diaryl/α,β-unsaturated/α-hetero) is 1. The standard InChI is InChI=1S/C22H17ClN4O3S/c1-14(28)15-7-6-8-16(13-15)24-21-22(26-19-11-4-3-10-18(19)25-21)27-31(29,30)20-12-5-2-9-17(20)23/h2-13H,1H3,(H,24,25)(H,26,27). The average molecular weight is 453 g/mol. The molecule has 0 fully saturated rings. The number of aromatic nitrogens is 2. The summed E-state index contributed by atoms with van der Waals surface area (Å²) >= 11 is 6.08. The number of nitrogens with zero attached hydrogens (tertiary/aromatic N) is 2. The van der Waals surface area contributed by atoms with Gasteiger partial charge in [-0.05, 0) is 43.3 Å². The first kappa shape index (κ1) is 20.8. The molecule has 0 saturated carbocycles. The van der Waals surface area contributed by atoms with E-state index >= 15 is 0 Å². The van der Waals surface area contributed by atoms with Crippen molar-refractivity contribution < 1.29 is 13.2 Å². The van der Waals surface area contributed by atoms with Gasteiger partial charge in [-0.25, -0.2) is 18.4 Å². The summed E-state index contributed by atoms with van der Waals surface area (Å²) in [5, 5.41) is 3.15. The quantitative estimate of drug-likeness (QED) is 0.398. The van der Waals surface area contributed by atoms with Crippen molar-refractivity contribution in [2.45, 2.75) is 11.8 Å². The second-order valence-corrected chi connectivity index (χ2v) is 8.77. The lowest BCUT2D eigenvalue weighted by Crippen LogP contribution is -2.16. The van der Waals surface area contributed by atoms with Crippen LogP contribution in [0.2, 0.25) is 5.02 Å². The zero-order chi connectivity index (χ0) is 22.0. The van der Waals surface area contributed by atoms with Crippen LogP contribution in [0.5, 0.6) is 0 Å². The van der Waals surface area contributed by atoms with E-state index in [2.05, 4.69) is 20.0 Å². The lowest BCUT2D eigenvalue weighted by Gasteiger charge is -2.14. The molecule has 156 valence electrons. The van der Waals surface area contributed by atoms with E-state index in [9.17, 15) is 13.2 Å². The Kier molecular flexibility index (Phi) is 5.58. The van der Waals surface area contributed by atoms with Gasteiger partial charge < -0.3 is 5.32 Å². The Morgan fingerprint density at radius 1 is 0.871 bits per heavy atom. The summed E-state index contributed by atoms with van der Waals surface area (Å²) in [4.78, 5) is 20.6. The third kappa shape index (κ3) is 4.50. The van der Waals surface area contributed by atoms with Gasteiger partial charge in [0.05, 0.1) is 16.1 Å². The van der Waals surface area contributed by atoms with Crippen LogP contribution in [0.15, 0.2) is 77.7 Å². The molecule has 3 aromatic carbocycles. The van der Waals surface area contributed by atoms with Crippen molar-refractivity contribution in [1.82, 2.24) is 9.97 Å². The van der Waals surface area contributed by atoms with Crippen molar-refractivity contribution in [2.24, 2.45) is 0 Å². The van der Waals surface area contributed by atoms with Crippen molar-refractivity contribution in [3.8, 4) is 0 Å². The molecule has 4 rings (SSSR count). The van der Waals surface area contributed by atoms with Gasteiger partial charge in [0.25, 0.3) is 10.0 Å². The minimum atomic E-state index is -4.03. The lowest BCUT2D eigenvalue weighted by atomic mass is 10.1. The van der Waals surface area contributed by atoms with Gasteiger partial charge in [-0.1, -0.05) is 48.0 Å². The molecule has 0 atom stereocenters. The molecule has 9 heteroatoms. The molecular weight excluding hydrogens is 436 g/mol. The molecule has 1 heterocycles. The van der Waals surface area contributed by atoms with Crippen LogP contribution >= 0.6 is 11.6 Å². The first-order valence-electron chi connectivity index (χ1n) is 9.26. The lowest BCUT2D eigenvalue weighted by molar-refractivity contribution is 0.101. The number of benzene rings is 3. The highest BCUT2D eigenvalue weighted by Gasteiger charge is 2.21. The van der Waals surface area contributed by atoms with Crippen LogP contribution < -0.4 is 10.0 Å². The number of halogens is 1. The summed E-state index contributed by atoms with van der Waals surface area (Å²) in [6.07, 6.45) is 0. The minimum Gasteiger partial charge on any atom is -0.337 e. The smallest absolute Gasteiger partial charge is 0.264 e. The molecule has 31 heavy (non-hydrogen) atoms. The van der Waals surface area contributed by atoms with Gasteiger partial charge in [-0.2, -0.15) is 0 Å². The number of hydrogen-bond donors (Lipinski definition) is 2. The molecule has 4 aromatic rings. The number of sulfonamides is 1. The van der Waals surface area contributed by atoms with Gasteiger partial charge in [-0.15, -0.1) is 0 Å². The summed E-state index contributed by atoms with van der Waals surface area (Å²) in [5.41, 5.74) is 2.17. The molecule has 0 aliphatic carbocycles. The highest BCUT2D eigenvalue weighted by Crippen LogP contribution is 2.29. The zero-order valence-electron chi connectivity index (χ0n) is 16.3. The molecular formula is C22H17ClN4O3S. The normalized spacial score (nSPS) is 11.3. The maximum absolute atomic E-state index is 13.0. The largest absolute Gasteiger partial charge is 0.337 e. The summed E-state index contributed by atoms with van der Waals surface area (Å²) in [5.74, 6) is 0.106. The van der Waals surface area contributed by atoms with Crippen LogP contribution in [0.4, 0.5) is 17.3 Å². The van der Waals surface area contributed by atoms with Crippen molar-refractivity contribution in [2.75, 3.05) is 10.0 Å². The summed E-state index contributed by atoms with van der Waals surface area (Å²) < 4.78 is 28.4. The fourth-order valence-corrected chi connectivity index (χ4v) is 4.49. The van der Waals surface area contributed by atoms with Crippen LogP contribution in [0, 0.1) is 0 Å². The Hall–Kier alpha value is -3.49. The number of nitrogens with one attached hydrogen (secondary N) is 2. The van der Waals surface area contributed by atoms with E-state index in [4.69, 9.17) is 11.6 Å². The van der Waals surface area contributed by atoms with E-state index in [1.807, 2.05) is 6.07 Å². The molecule has 0 saturated heterocycles. The molecule has 0 spiro atoms. The fourth-order valence-electron chi connectivity index (χ4n) is 2.96. The second kappa shape index (κ2) is 8.33. The van der Waals surface area contributed by atoms with Gasteiger partial charge in [0.2, 0.25) is 0 Å². The SMILES string of the molecule is CC(=O)c1cccc(Nc2nc3ccccc3nc2NS(=O)(=O)c2ccccc2Cl)c1. The number of carbonyl (C=O) groups excluding carboxylic acids is 1. The van der Waals surface area contributed by atoms with E-state index in [-0.39, 0.29) is 27.3 Å². The van der Waals surface area contributed by atoms with E-state index in [1.54, 1.807) is 54.6 Å². The highest BCUT2D eigenvalue weighted by molar-refractivity contribution is 7.92. The monoisotopic (exact) mass is 452 g/mol. The predicted molar refractivity (Wildman–Crippen MR) is 122 cm³/mol. The fraction of sp³-hybridized carbons (Fsp3) is 0.0455. The van der Waals surface area contributed by atoms with Gasteiger partial charge in [0.15, 0.2) is 17.4 Å². The minimum absolute atomic E-state index is 0.00634. The molecule has 0 aliphatic rings. The number of ketones is 1. The van der Waals surface area contributed by atoms with Crippen molar-refractivity contribution in [1.29, 1.82) is 0 Å². The van der Waals surface area contributed by atoms with Crippen molar-refractivity contribution in [3.05, 3.63) is 83.4 Å². The molecule has 0 unspecified atom stereocenters. The maximum atomic E-state index is 13.0. The summed E-state index contributed by atoms with van der Waals surface area (Å²) in [6.45, 7) is 1.47. The van der Waals surface area contributed by atoms with Crippen LogP contribution in [0.3, 0.4) is 0 Å². The van der Waals surface area contributed by atoms with Gasteiger partial charge in [-0.3, -0.25) is 9.52 Å². The number of para-hydroxylation sites is 2. The highest BCUT2D eigenvalue weighted by atomic mass is 35.5. The maximum Gasteiger partial charge on any atom is 0.264 e. The summed E-state index contributed by atoms with van der Waals surface area (Å²) in [6, 6.07) is 20.0. The first-order chi connectivity index (χ1) is 14.8. The zero-order valence-corrected chi connectivity index (χ0v) is 17.9. The number of hydrogen-bond acceptors (Lipinski definition) is 6. The molecule has 0 bridgehead atoms.